The lowest BCUT2D eigenvalue weighted by Gasteiger charge is -2.09. The summed E-state index contributed by atoms with van der Waals surface area (Å²) < 4.78 is 39.5. The summed E-state index contributed by atoms with van der Waals surface area (Å²) in [5.41, 5.74) is 0.693. The lowest BCUT2D eigenvalue weighted by Crippen LogP contribution is -2.20. The number of ether oxygens (including phenoxy) is 1. The third-order valence-corrected chi connectivity index (χ3v) is 1.69. The summed E-state index contributed by atoms with van der Waals surface area (Å²) >= 11 is 0. The van der Waals surface area contributed by atoms with Crippen molar-refractivity contribution >= 4 is 5.82 Å². The van der Waals surface area contributed by atoms with Gasteiger partial charge < -0.3 is 10.1 Å². The predicted octanol–water partition coefficient (Wildman–Crippen LogP) is 1.78. The minimum absolute atomic E-state index is 0.0322. The minimum atomic E-state index is -4.28. The van der Waals surface area contributed by atoms with E-state index in [4.69, 9.17) is 0 Å². The first-order chi connectivity index (χ1) is 7.49. The van der Waals surface area contributed by atoms with Gasteiger partial charge in [-0.15, -0.1) is 0 Å². The number of aryl methyl sites for hydroxylation is 1. The van der Waals surface area contributed by atoms with Crippen LogP contribution in [-0.2, 0) is 4.74 Å². The van der Waals surface area contributed by atoms with Gasteiger partial charge in [-0.1, -0.05) is 0 Å². The summed E-state index contributed by atoms with van der Waals surface area (Å²) in [5, 5.41) is 2.83. The molecule has 1 N–H and O–H groups in total. The predicted molar refractivity (Wildman–Crippen MR) is 52.1 cm³/mol. The maximum Gasteiger partial charge on any atom is 0.411 e. The summed E-state index contributed by atoms with van der Waals surface area (Å²) in [7, 11) is 0. The number of halogens is 3. The molecule has 1 heterocycles. The van der Waals surface area contributed by atoms with Crippen LogP contribution in [0.4, 0.5) is 19.0 Å². The van der Waals surface area contributed by atoms with Crippen LogP contribution in [0.15, 0.2) is 12.4 Å². The average molecular weight is 235 g/mol. The molecule has 0 radical (unpaired) electrons. The van der Waals surface area contributed by atoms with Crippen molar-refractivity contribution in [1.82, 2.24) is 9.97 Å². The van der Waals surface area contributed by atoms with Crippen molar-refractivity contribution in [3.63, 3.8) is 0 Å². The van der Waals surface area contributed by atoms with Crippen LogP contribution in [0.5, 0.6) is 0 Å². The lowest BCUT2D eigenvalue weighted by atomic mass is 10.4. The molecule has 90 valence electrons. The second-order valence-electron chi connectivity index (χ2n) is 3.08. The molecule has 0 spiro atoms. The van der Waals surface area contributed by atoms with Gasteiger partial charge in [-0.05, 0) is 6.92 Å². The van der Waals surface area contributed by atoms with E-state index in [2.05, 4.69) is 20.0 Å². The second kappa shape index (κ2) is 5.64. The second-order valence-corrected chi connectivity index (χ2v) is 3.08. The molecule has 0 aliphatic rings. The Morgan fingerprint density at radius 2 is 2.00 bits per heavy atom. The Kier molecular flexibility index (Phi) is 4.48. The summed E-state index contributed by atoms with van der Waals surface area (Å²) in [4.78, 5) is 7.94. The number of nitrogens with one attached hydrogen (secondary N) is 1. The number of hydrogen-bond donors (Lipinski definition) is 1. The van der Waals surface area contributed by atoms with Gasteiger partial charge in [0.25, 0.3) is 0 Å². The number of hydrogen-bond acceptors (Lipinski definition) is 4. The zero-order valence-corrected chi connectivity index (χ0v) is 8.71. The van der Waals surface area contributed by atoms with Gasteiger partial charge >= 0.3 is 6.18 Å². The molecule has 16 heavy (non-hydrogen) atoms. The molecule has 1 rings (SSSR count). The number of anilines is 1. The maximum absolute atomic E-state index is 11.7. The fourth-order valence-corrected chi connectivity index (χ4v) is 1.01. The summed E-state index contributed by atoms with van der Waals surface area (Å²) in [6.45, 7) is 0.755. The van der Waals surface area contributed by atoms with Gasteiger partial charge in [-0.2, -0.15) is 13.2 Å². The van der Waals surface area contributed by atoms with Crippen molar-refractivity contribution in [2.24, 2.45) is 0 Å². The highest BCUT2D eigenvalue weighted by Gasteiger charge is 2.27. The Morgan fingerprint density at radius 1 is 1.31 bits per heavy atom. The first-order valence-corrected chi connectivity index (χ1v) is 4.65. The van der Waals surface area contributed by atoms with Crippen LogP contribution in [0.25, 0.3) is 0 Å². The standard InChI is InChI=1S/C9H12F3N3O/c1-7-8(14-3-2-13-7)15-4-5-16-6-9(10,11)12/h2-3H,4-6H2,1H3,(H,14,15). The van der Waals surface area contributed by atoms with E-state index in [0.29, 0.717) is 11.5 Å². The molecule has 0 bridgehead atoms. The van der Waals surface area contributed by atoms with Crippen molar-refractivity contribution in [3.05, 3.63) is 18.1 Å². The zero-order chi connectivity index (χ0) is 12.0. The van der Waals surface area contributed by atoms with Gasteiger partial charge in [0, 0.05) is 18.9 Å². The Labute approximate surface area is 90.9 Å². The number of alkyl halides is 3. The van der Waals surface area contributed by atoms with Crippen molar-refractivity contribution < 1.29 is 17.9 Å². The Balaban J connectivity index is 2.19. The molecular weight excluding hydrogens is 223 g/mol. The van der Waals surface area contributed by atoms with E-state index < -0.39 is 12.8 Å². The highest BCUT2D eigenvalue weighted by atomic mass is 19.4. The molecule has 1 aromatic heterocycles. The molecule has 0 fully saturated rings. The first-order valence-electron chi connectivity index (χ1n) is 4.65. The molecule has 4 nitrogen and oxygen atoms in total. The Hall–Kier alpha value is -1.37. The van der Waals surface area contributed by atoms with Crippen molar-refractivity contribution in [2.75, 3.05) is 25.1 Å². The lowest BCUT2D eigenvalue weighted by molar-refractivity contribution is -0.172. The Morgan fingerprint density at radius 3 is 2.62 bits per heavy atom. The van der Waals surface area contributed by atoms with E-state index in [1.54, 1.807) is 13.1 Å². The smallest absolute Gasteiger partial charge is 0.370 e. The van der Waals surface area contributed by atoms with Crippen LogP contribution in [-0.4, -0.2) is 35.9 Å². The number of aromatic nitrogens is 2. The van der Waals surface area contributed by atoms with Gasteiger partial charge in [-0.3, -0.25) is 4.98 Å². The third kappa shape index (κ3) is 4.92. The SMILES string of the molecule is Cc1nccnc1NCCOCC(F)(F)F. The maximum atomic E-state index is 11.7. The van der Waals surface area contributed by atoms with Crippen LogP contribution in [0.2, 0.25) is 0 Å². The average Bonchev–Trinajstić information content (AvgIpc) is 2.18. The highest BCUT2D eigenvalue weighted by molar-refractivity contribution is 5.37. The molecule has 0 aliphatic carbocycles. The van der Waals surface area contributed by atoms with E-state index in [1.807, 2.05) is 0 Å². The summed E-state index contributed by atoms with van der Waals surface area (Å²) in [6, 6.07) is 0. The van der Waals surface area contributed by atoms with Crippen LogP contribution >= 0.6 is 0 Å². The van der Waals surface area contributed by atoms with Crippen LogP contribution < -0.4 is 5.32 Å². The zero-order valence-electron chi connectivity index (χ0n) is 8.71. The normalized spacial score (nSPS) is 11.5. The minimum Gasteiger partial charge on any atom is -0.370 e. The third-order valence-electron chi connectivity index (χ3n) is 1.69. The molecule has 0 unspecified atom stereocenters. The number of rotatable bonds is 5. The van der Waals surface area contributed by atoms with E-state index >= 15 is 0 Å². The Bertz CT molecular complexity index is 330. The van der Waals surface area contributed by atoms with E-state index in [1.165, 1.54) is 6.20 Å². The van der Waals surface area contributed by atoms with Crippen molar-refractivity contribution in [2.45, 2.75) is 13.1 Å². The van der Waals surface area contributed by atoms with Gasteiger partial charge in [0.05, 0.1) is 12.3 Å². The van der Waals surface area contributed by atoms with Crippen molar-refractivity contribution in [1.29, 1.82) is 0 Å². The molecule has 0 saturated heterocycles. The quantitative estimate of drug-likeness (QED) is 0.790. The fourth-order valence-electron chi connectivity index (χ4n) is 1.01. The molecule has 0 saturated carbocycles. The van der Waals surface area contributed by atoms with Crippen molar-refractivity contribution in [3.8, 4) is 0 Å². The molecule has 7 heteroatoms. The summed E-state index contributed by atoms with van der Waals surface area (Å²) in [6.07, 6.45) is -1.23. The highest BCUT2D eigenvalue weighted by Crippen LogP contribution is 2.14. The first kappa shape index (κ1) is 12.7. The van der Waals surface area contributed by atoms with Crippen LogP contribution in [0.3, 0.4) is 0 Å². The van der Waals surface area contributed by atoms with Gasteiger partial charge in [-0.25, -0.2) is 4.98 Å². The van der Waals surface area contributed by atoms with E-state index in [-0.39, 0.29) is 13.2 Å². The van der Waals surface area contributed by atoms with E-state index in [9.17, 15) is 13.2 Å². The molecule has 0 amide bonds. The summed E-state index contributed by atoms with van der Waals surface area (Å²) in [5.74, 6) is 0.554. The van der Waals surface area contributed by atoms with Gasteiger partial charge in [0.2, 0.25) is 0 Å². The van der Waals surface area contributed by atoms with Gasteiger partial charge in [0.1, 0.15) is 12.4 Å². The molecule has 0 aromatic carbocycles. The largest absolute Gasteiger partial charge is 0.411 e. The van der Waals surface area contributed by atoms with Crippen LogP contribution in [0, 0.1) is 6.92 Å². The van der Waals surface area contributed by atoms with Gasteiger partial charge in [0.15, 0.2) is 0 Å². The molecular formula is C9H12F3N3O. The molecule has 0 atom stereocenters. The molecule has 0 aliphatic heterocycles. The number of nitrogens with zero attached hydrogens (tertiary/aromatic N) is 2. The molecule has 1 aromatic rings. The topological polar surface area (TPSA) is 47.0 Å². The fraction of sp³-hybridized carbons (Fsp3) is 0.556. The van der Waals surface area contributed by atoms with Crippen LogP contribution in [0.1, 0.15) is 5.69 Å². The monoisotopic (exact) mass is 235 g/mol. The van der Waals surface area contributed by atoms with E-state index in [0.717, 1.165) is 0 Å².